The van der Waals surface area contributed by atoms with Crippen LogP contribution in [0.25, 0.3) is 11.2 Å². The van der Waals surface area contributed by atoms with E-state index in [9.17, 15) is 10.2 Å². The second kappa shape index (κ2) is 5.27. The molecule has 0 amide bonds. The molecule has 1 fully saturated rings. The second-order valence-corrected chi connectivity index (χ2v) is 4.56. The van der Waals surface area contributed by atoms with Gasteiger partial charge in [-0.05, 0) is 5.92 Å². The summed E-state index contributed by atoms with van der Waals surface area (Å²) in [5, 5.41) is 28.4. The van der Waals surface area contributed by atoms with Gasteiger partial charge in [-0.15, -0.1) is 0 Å². The molecule has 2 aromatic rings. The molecule has 1 aliphatic rings. The van der Waals surface area contributed by atoms with Gasteiger partial charge in [0.2, 0.25) is 0 Å². The zero-order valence-electron chi connectivity index (χ0n) is 10.8. The molecular formula is C12H13N5O4. The van der Waals surface area contributed by atoms with Crippen LogP contribution in [0.5, 0.6) is 0 Å². The van der Waals surface area contributed by atoms with Crippen LogP contribution in [0.15, 0.2) is 12.7 Å². The van der Waals surface area contributed by atoms with Crippen LogP contribution < -0.4 is 5.73 Å². The van der Waals surface area contributed by atoms with E-state index >= 15 is 0 Å². The molecule has 1 aliphatic heterocycles. The minimum atomic E-state index is -1.19. The van der Waals surface area contributed by atoms with E-state index in [4.69, 9.17) is 15.6 Å². The van der Waals surface area contributed by atoms with E-state index in [1.807, 2.05) is 0 Å². The number of nitrogen functional groups attached to an aromatic ring is 1. The summed E-state index contributed by atoms with van der Waals surface area (Å²) >= 11 is 0. The Morgan fingerprint density at radius 3 is 2.81 bits per heavy atom. The fourth-order valence-corrected chi connectivity index (χ4v) is 2.09. The third kappa shape index (κ3) is 2.30. The maximum Gasteiger partial charge on any atom is 0.177 e. The van der Waals surface area contributed by atoms with Gasteiger partial charge in [0, 0.05) is 6.04 Å². The molecule has 9 nitrogen and oxygen atoms in total. The maximum absolute atomic E-state index is 9.79. The number of aliphatic hydroxyl groups excluding tert-OH is 3. The summed E-state index contributed by atoms with van der Waals surface area (Å²) in [5.74, 6) is 2.91. The summed E-state index contributed by atoms with van der Waals surface area (Å²) in [6.45, 7) is -0.395. The summed E-state index contributed by atoms with van der Waals surface area (Å²) in [4.78, 5) is 11.9. The van der Waals surface area contributed by atoms with Crippen LogP contribution >= 0.6 is 0 Å². The molecule has 4 unspecified atom stereocenters. The number of hydrogen-bond acceptors (Lipinski definition) is 8. The summed E-state index contributed by atoms with van der Waals surface area (Å²) in [5.41, 5.74) is 6.52. The molecule has 110 valence electrons. The van der Waals surface area contributed by atoms with Crippen LogP contribution in [0, 0.1) is 12.0 Å². The second-order valence-electron chi connectivity index (χ2n) is 4.56. The van der Waals surface area contributed by atoms with Crippen LogP contribution in [0.2, 0.25) is 0 Å². The maximum atomic E-state index is 9.79. The first-order valence-corrected chi connectivity index (χ1v) is 6.19. The van der Waals surface area contributed by atoms with Gasteiger partial charge in [-0.1, -0.05) is 0 Å². The molecule has 5 N–H and O–H groups in total. The molecule has 0 saturated carbocycles. The largest absolute Gasteiger partial charge is 0.394 e. The van der Waals surface area contributed by atoms with Crippen molar-refractivity contribution in [3.8, 4) is 12.0 Å². The first-order valence-electron chi connectivity index (χ1n) is 6.19. The number of aromatic nitrogens is 4. The molecule has 9 heteroatoms. The number of aliphatic hydroxyl groups is 3. The zero-order chi connectivity index (χ0) is 15.0. The predicted octanol–water partition coefficient (Wildman–Crippen LogP) is -2.30. The van der Waals surface area contributed by atoms with Crippen LogP contribution in [0.4, 0.5) is 5.82 Å². The van der Waals surface area contributed by atoms with Crippen molar-refractivity contribution in [2.45, 2.75) is 24.4 Å². The van der Waals surface area contributed by atoms with Gasteiger partial charge in [0.05, 0.1) is 6.61 Å². The number of anilines is 1. The van der Waals surface area contributed by atoms with Crippen molar-refractivity contribution in [1.82, 2.24) is 19.5 Å². The Morgan fingerprint density at radius 1 is 1.29 bits per heavy atom. The average Bonchev–Trinajstić information content (AvgIpc) is 3.01. The molecule has 0 bridgehead atoms. The normalized spacial score (nSPS) is 28.5. The van der Waals surface area contributed by atoms with E-state index < -0.39 is 31.0 Å². The van der Waals surface area contributed by atoms with Gasteiger partial charge < -0.3 is 25.8 Å². The van der Waals surface area contributed by atoms with Crippen molar-refractivity contribution in [3.63, 3.8) is 0 Å². The summed E-state index contributed by atoms with van der Waals surface area (Å²) in [6, 6.07) is 2.71. The van der Waals surface area contributed by atoms with Gasteiger partial charge in [0.15, 0.2) is 17.0 Å². The molecule has 0 spiro atoms. The third-order valence-electron chi connectivity index (χ3n) is 3.23. The first-order chi connectivity index (χ1) is 10.1. The Bertz CT molecular complexity index is 721. The highest BCUT2D eigenvalue weighted by molar-refractivity contribution is 5.81. The van der Waals surface area contributed by atoms with Gasteiger partial charge in [0.1, 0.15) is 37.1 Å². The molecule has 0 aliphatic carbocycles. The summed E-state index contributed by atoms with van der Waals surface area (Å²) in [6.07, 6.45) is -1.41. The van der Waals surface area contributed by atoms with E-state index in [0.29, 0.717) is 11.2 Å². The molecule has 0 radical (unpaired) electrons. The lowest BCUT2D eigenvalue weighted by molar-refractivity contribution is -0.0111. The third-order valence-corrected chi connectivity index (χ3v) is 3.23. The summed E-state index contributed by atoms with van der Waals surface area (Å²) in [7, 11) is 0. The standard InChI is InChI=1S/C12H13N5O4/c13-11-8-12(15-4-14-11)17(5-16-8)2-1-6-9(19)10(20)7(3-18)21-6/h4-7,9-10,18-20H,3H2,(H2,13,14,15). The Balaban J connectivity index is 1.89. The van der Waals surface area contributed by atoms with E-state index in [-0.39, 0.29) is 5.82 Å². The fraction of sp³-hybridized carbons (Fsp3) is 0.417. The number of nitrogens with two attached hydrogens (primary N) is 1. The lowest BCUT2D eigenvalue weighted by atomic mass is 10.1. The molecule has 21 heavy (non-hydrogen) atoms. The predicted molar refractivity (Wildman–Crippen MR) is 70.7 cm³/mol. The molecular weight excluding hydrogens is 278 g/mol. The van der Waals surface area contributed by atoms with Crippen molar-refractivity contribution < 1.29 is 20.1 Å². The van der Waals surface area contributed by atoms with Crippen molar-refractivity contribution >= 4 is 17.0 Å². The number of imidazole rings is 1. The average molecular weight is 291 g/mol. The van der Waals surface area contributed by atoms with Crippen molar-refractivity contribution in [2.75, 3.05) is 12.3 Å². The Hall–Kier alpha value is -2.25. The van der Waals surface area contributed by atoms with Crippen LogP contribution in [-0.4, -0.2) is 65.9 Å². The van der Waals surface area contributed by atoms with Crippen molar-refractivity contribution in [3.05, 3.63) is 12.7 Å². The zero-order valence-corrected chi connectivity index (χ0v) is 10.8. The van der Waals surface area contributed by atoms with Crippen LogP contribution in [0.3, 0.4) is 0 Å². The highest BCUT2D eigenvalue weighted by Gasteiger charge is 2.41. The van der Waals surface area contributed by atoms with E-state index in [1.165, 1.54) is 17.2 Å². The van der Waals surface area contributed by atoms with Gasteiger partial charge in [-0.2, -0.15) is 0 Å². The Labute approximate surface area is 119 Å². The highest BCUT2D eigenvalue weighted by atomic mass is 16.6. The quantitative estimate of drug-likeness (QED) is 0.430. The van der Waals surface area contributed by atoms with Crippen molar-refractivity contribution in [2.24, 2.45) is 0 Å². The number of ether oxygens (including phenoxy) is 1. The van der Waals surface area contributed by atoms with Gasteiger partial charge in [-0.3, -0.25) is 0 Å². The Morgan fingerprint density at radius 2 is 2.10 bits per heavy atom. The molecule has 0 aromatic carbocycles. The van der Waals surface area contributed by atoms with E-state index in [1.54, 1.807) is 0 Å². The van der Waals surface area contributed by atoms with Crippen LogP contribution in [-0.2, 0) is 4.74 Å². The lowest BCUT2D eigenvalue weighted by Gasteiger charge is -2.09. The fourth-order valence-electron chi connectivity index (χ4n) is 2.09. The van der Waals surface area contributed by atoms with Crippen LogP contribution in [0.1, 0.15) is 0 Å². The molecule has 4 atom stereocenters. The molecule has 2 aromatic heterocycles. The number of fused-ring (bicyclic) bond motifs is 1. The molecule has 1 saturated heterocycles. The minimum absolute atomic E-state index is 0.244. The Kier molecular flexibility index (Phi) is 3.44. The van der Waals surface area contributed by atoms with E-state index in [2.05, 4.69) is 26.9 Å². The number of hydrogen-bond donors (Lipinski definition) is 4. The van der Waals surface area contributed by atoms with Crippen molar-refractivity contribution in [1.29, 1.82) is 0 Å². The monoisotopic (exact) mass is 291 g/mol. The number of nitrogens with zero attached hydrogens (tertiary/aromatic N) is 4. The highest BCUT2D eigenvalue weighted by Crippen LogP contribution is 2.20. The first kappa shape index (κ1) is 13.7. The van der Waals surface area contributed by atoms with Gasteiger partial charge in [0.25, 0.3) is 0 Å². The molecule has 3 heterocycles. The number of rotatable bonds is 1. The minimum Gasteiger partial charge on any atom is -0.394 e. The van der Waals surface area contributed by atoms with Gasteiger partial charge in [-0.25, -0.2) is 19.5 Å². The SMILES string of the molecule is Nc1ncnc2c1ncn2C#CC1OC(CO)C(O)C1O. The topological polar surface area (TPSA) is 140 Å². The molecule has 3 rings (SSSR count). The smallest absolute Gasteiger partial charge is 0.177 e. The summed E-state index contributed by atoms with van der Waals surface area (Å²) < 4.78 is 6.67. The lowest BCUT2D eigenvalue weighted by Crippen LogP contribution is -2.33. The van der Waals surface area contributed by atoms with E-state index in [0.717, 1.165) is 0 Å². The van der Waals surface area contributed by atoms with Gasteiger partial charge >= 0.3 is 0 Å².